The van der Waals surface area contributed by atoms with E-state index >= 15 is 0 Å². The second kappa shape index (κ2) is 8.16. The molecule has 24 heavy (non-hydrogen) atoms. The molecule has 132 valence electrons. The summed E-state index contributed by atoms with van der Waals surface area (Å²) >= 11 is 0. The van der Waals surface area contributed by atoms with E-state index in [1.165, 1.54) is 18.2 Å². The zero-order valence-electron chi connectivity index (χ0n) is 14.1. The van der Waals surface area contributed by atoms with Gasteiger partial charge in [0.2, 0.25) is 5.91 Å². The van der Waals surface area contributed by atoms with Crippen LogP contribution in [0.15, 0.2) is 18.2 Å². The number of halogens is 1. The van der Waals surface area contributed by atoms with Gasteiger partial charge in [-0.25, -0.2) is 4.39 Å². The third-order valence-corrected chi connectivity index (χ3v) is 4.21. The summed E-state index contributed by atoms with van der Waals surface area (Å²) in [4.78, 5) is 28.0. The lowest BCUT2D eigenvalue weighted by atomic mass is 10.1. The van der Waals surface area contributed by atoms with Crippen molar-refractivity contribution in [3.63, 3.8) is 0 Å². The Morgan fingerprint density at radius 1 is 1.25 bits per heavy atom. The minimum Gasteiger partial charge on any atom is -0.348 e. The predicted octanol–water partition coefficient (Wildman–Crippen LogP) is 1.33. The highest BCUT2D eigenvalue weighted by molar-refractivity contribution is 5.77. The van der Waals surface area contributed by atoms with Crippen LogP contribution in [0.3, 0.4) is 0 Å². The van der Waals surface area contributed by atoms with E-state index in [0.29, 0.717) is 19.6 Å². The van der Waals surface area contributed by atoms with Gasteiger partial charge in [-0.2, -0.15) is 0 Å². The first-order valence-corrected chi connectivity index (χ1v) is 7.95. The Kier molecular flexibility index (Phi) is 6.22. The fourth-order valence-electron chi connectivity index (χ4n) is 2.77. The Balaban J connectivity index is 2.00. The molecular formula is C16H23FN4O3. The van der Waals surface area contributed by atoms with Gasteiger partial charge in [0.05, 0.1) is 17.0 Å². The standard InChI is InChI=1S/C16H23FN4O3/c1-18(2)16(22)12-20-8-4-7-19(9-10-20)11-13-14(17)5-3-6-15(13)21(23)24/h3,5-6H,4,7-12H2,1-2H3. The number of nitrogens with zero attached hydrogens (tertiary/aromatic N) is 4. The van der Waals surface area contributed by atoms with E-state index in [9.17, 15) is 19.3 Å². The molecule has 1 heterocycles. The lowest BCUT2D eigenvalue weighted by Gasteiger charge is -2.22. The maximum atomic E-state index is 14.0. The first-order valence-electron chi connectivity index (χ1n) is 7.95. The van der Waals surface area contributed by atoms with Gasteiger partial charge in [-0.1, -0.05) is 6.07 Å². The largest absolute Gasteiger partial charge is 0.348 e. The molecule has 0 atom stereocenters. The summed E-state index contributed by atoms with van der Waals surface area (Å²) in [7, 11) is 3.45. The van der Waals surface area contributed by atoms with Gasteiger partial charge in [-0.15, -0.1) is 0 Å². The van der Waals surface area contributed by atoms with Gasteiger partial charge in [0.25, 0.3) is 5.69 Å². The van der Waals surface area contributed by atoms with E-state index in [0.717, 1.165) is 19.5 Å². The molecule has 0 radical (unpaired) electrons. The van der Waals surface area contributed by atoms with Crippen LogP contribution in [-0.2, 0) is 11.3 Å². The monoisotopic (exact) mass is 338 g/mol. The van der Waals surface area contributed by atoms with Gasteiger partial charge < -0.3 is 4.90 Å². The van der Waals surface area contributed by atoms with Crippen LogP contribution in [0.5, 0.6) is 0 Å². The summed E-state index contributed by atoms with van der Waals surface area (Å²) in [5.41, 5.74) is -0.0563. The molecule has 2 rings (SSSR count). The number of hydrogen-bond donors (Lipinski definition) is 0. The number of carbonyl (C=O) groups is 1. The molecule has 0 aliphatic carbocycles. The minimum atomic E-state index is -0.548. The maximum Gasteiger partial charge on any atom is 0.276 e. The first kappa shape index (κ1) is 18.3. The third-order valence-electron chi connectivity index (χ3n) is 4.21. The van der Waals surface area contributed by atoms with Crippen molar-refractivity contribution in [1.29, 1.82) is 0 Å². The molecule has 0 saturated carbocycles. The Morgan fingerprint density at radius 2 is 1.92 bits per heavy atom. The molecule has 1 aliphatic rings. The molecule has 0 aromatic heterocycles. The average Bonchev–Trinajstić information content (AvgIpc) is 2.74. The molecule has 1 aliphatic heterocycles. The van der Waals surface area contributed by atoms with Gasteiger partial charge >= 0.3 is 0 Å². The summed E-state index contributed by atoms with van der Waals surface area (Å²) in [6.45, 7) is 3.40. The number of amides is 1. The van der Waals surface area contributed by atoms with Crippen molar-refractivity contribution in [3.8, 4) is 0 Å². The molecule has 1 aromatic rings. The molecule has 8 heteroatoms. The Labute approximate surface area is 140 Å². The number of nitro benzene ring substituents is 1. The molecule has 0 bridgehead atoms. The van der Waals surface area contributed by atoms with Gasteiger partial charge in [-0.3, -0.25) is 24.7 Å². The highest BCUT2D eigenvalue weighted by atomic mass is 19.1. The fraction of sp³-hybridized carbons (Fsp3) is 0.562. The average molecular weight is 338 g/mol. The van der Waals surface area contributed by atoms with E-state index in [1.807, 2.05) is 4.90 Å². The van der Waals surface area contributed by atoms with Crippen LogP contribution in [-0.4, -0.2) is 72.3 Å². The lowest BCUT2D eigenvalue weighted by molar-refractivity contribution is -0.386. The van der Waals surface area contributed by atoms with Crippen LogP contribution in [0.25, 0.3) is 0 Å². The smallest absolute Gasteiger partial charge is 0.276 e. The predicted molar refractivity (Wildman–Crippen MR) is 88.1 cm³/mol. The maximum absolute atomic E-state index is 14.0. The van der Waals surface area contributed by atoms with Crippen molar-refractivity contribution in [2.75, 3.05) is 46.8 Å². The number of rotatable bonds is 5. The highest BCUT2D eigenvalue weighted by Gasteiger charge is 2.23. The normalized spacial score (nSPS) is 16.6. The van der Waals surface area contributed by atoms with E-state index in [2.05, 4.69) is 4.90 Å². The number of likely N-dealkylation sites (N-methyl/N-ethyl adjacent to an activating group) is 1. The van der Waals surface area contributed by atoms with Crippen LogP contribution < -0.4 is 0 Å². The van der Waals surface area contributed by atoms with Crippen LogP contribution in [0.1, 0.15) is 12.0 Å². The number of hydrogen-bond acceptors (Lipinski definition) is 5. The minimum absolute atomic E-state index is 0.0493. The molecule has 0 unspecified atom stereocenters. The van der Waals surface area contributed by atoms with Gasteiger partial charge in [0, 0.05) is 39.8 Å². The summed E-state index contributed by atoms with van der Waals surface area (Å²) in [5, 5.41) is 11.1. The topological polar surface area (TPSA) is 69.9 Å². The summed E-state index contributed by atoms with van der Waals surface area (Å²) in [6.07, 6.45) is 0.836. The number of carbonyl (C=O) groups excluding carboxylic acids is 1. The van der Waals surface area contributed by atoms with Crippen molar-refractivity contribution in [2.45, 2.75) is 13.0 Å². The number of nitro groups is 1. The zero-order valence-corrected chi connectivity index (χ0v) is 14.1. The molecule has 1 aromatic carbocycles. The van der Waals surface area contributed by atoms with Crippen molar-refractivity contribution in [2.24, 2.45) is 0 Å². The zero-order chi connectivity index (χ0) is 17.7. The molecule has 1 saturated heterocycles. The van der Waals surface area contributed by atoms with Crippen molar-refractivity contribution in [1.82, 2.24) is 14.7 Å². The highest BCUT2D eigenvalue weighted by Crippen LogP contribution is 2.23. The molecule has 1 amide bonds. The molecule has 7 nitrogen and oxygen atoms in total. The molecule has 0 spiro atoms. The lowest BCUT2D eigenvalue weighted by Crippen LogP contribution is -2.38. The Hall–Kier alpha value is -2.06. The van der Waals surface area contributed by atoms with Crippen LogP contribution in [0, 0.1) is 15.9 Å². The molecular weight excluding hydrogens is 315 g/mol. The summed E-state index contributed by atoms with van der Waals surface area (Å²) in [6, 6.07) is 3.94. The SMILES string of the molecule is CN(C)C(=O)CN1CCCN(Cc2c(F)cccc2[N+](=O)[O-])CC1. The van der Waals surface area contributed by atoms with E-state index < -0.39 is 10.7 Å². The Morgan fingerprint density at radius 3 is 2.58 bits per heavy atom. The summed E-state index contributed by atoms with van der Waals surface area (Å²) < 4.78 is 14.0. The van der Waals surface area contributed by atoms with Crippen molar-refractivity contribution >= 4 is 11.6 Å². The van der Waals surface area contributed by atoms with E-state index in [4.69, 9.17) is 0 Å². The van der Waals surface area contributed by atoms with Gasteiger partial charge in [-0.05, 0) is 25.6 Å². The molecule has 1 fully saturated rings. The first-order chi connectivity index (χ1) is 11.4. The van der Waals surface area contributed by atoms with Gasteiger partial charge in [0.1, 0.15) is 5.82 Å². The fourth-order valence-corrected chi connectivity index (χ4v) is 2.77. The van der Waals surface area contributed by atoms with E-state index in [-0.39, 0.29) is 23.7 Å². The number of benzene rings is 1. The van der Waals surface area contributed by atoms with E-state index in [1.54, 1.807) is 19.0 Å². The Bertz CT molecular complexity index is 609. The molecule has 0 N–H and O–H groups in total. The third kappa shape index (κ3) is 4.72. The van der Waals surface area contributed by atoms with Gasteiger partial charge in [0.15, 0.2) is 0 Å². The van der Waals surface area contributed by atoms with Crippen LogP contribution in [0.2, 0.25) is 0 Å². The van der Waals surface area contributed by atoms with Crippen molar-refractivity contribution in [3.05, 3.63) is 39.7 Å². The quantitative estimate of drug-likeness (QED) is 0.598. The second-order valence-electron chi connectivity index (χ2n) is 6.19. The van der Waals surface area contributed by atoms with Crippen LogP contribution in [0.4, 0.5) is 10.1 Å². The second-order valence-corrected chi connectivity index (χ2v) is 6.19. The summed E-state index contributed by atoms with van der Waals surface area (Å²) in [5.74, 6) is -0.499. The van der Waals surface area contributed by atoms with Crippen molar-refractivity contribution < 1.29 is 14.1 Å². The van der Waals surface area contributed by atoms with Crippen LogP contribution >= 0.6 is 0 Å².